The Balaban J connectivity index is 2.68. The van der Waals surface area contributed by atoms with Crippen LogP contribution in [0.5, 0.6) is 0 Å². The molecule has 13 heavy (non-hydrogen) atoms. The van der Waals surface area contributed by atoms with Crippen molar-refractivity contribution in [2.45, 2.75) is 19.8 Å². The molecule has 1 rings (SSSR count). The molecule has 0 aromatic carbocycles. The number of thioether (sulfide) groups is 1. The summed E-state index contributed by atoms with van der Waals surface area (Å²) in [4.78, 5) is 4.23. The summed E-state index contributed by atoms with van der Waals surface area (Å²) < 4.78 is 0. The predicted octanol–water partition coefficient (Wildman–Crippen LogP) is 2.92. The maximum Gasteiger partial charge on any atom is 0.0729 e. The average Bonchev–Trinajstić information content (AvgIpc) is 2.18. The molecule has 1 atom stereocenters. The molecule has 0 amide bonds. The van der Waals surface area contributed by atoms with Gasteiger partial charge in [0, 0.05) is 17.8 Å². The largest absolute Gasteiger partial charge is 0.298 e. The Morgan fingerprint density at radius 3 is 2.92 bits per heavy atom. The van der Waals surface area contributed by atoms with Crippen molar-refractivity contribution >= 4 is 16.8 Å². The van der Waals surface area contributed by atoms with Crippen LogP contribution >= 0.6 is 11.8 Å². The summed E-state index contributed by atoms with van der Waals surface area (Å²) >= 11 is 1.58. The fourth-order valence-electron chi connectivity index (χ4n) is 1.05. The number of hydrogen-bond acceptors (Lipinski definition) is 3. The van der Waals surface area contributed by atoms with Crippen molar-refractivity contribution < 1.29 is 0 Å². The van der Waals surface area contributed by atoms with Gasteiger partial charge in [-0.25, -0.2) is 0 Å². The van der Waals surface area contributed by atoms with Crippen molar-refractivity contribution in [2.24, 2.45) is 0 Å². The zero-order valence-corrected chi connectivity index (χ0v) is 8.77. The molecule has 0 aliphatic carbocycles. The molecule has 1 heterocycles. The van der Waals surface area contributed by atoms with Gasteiger partial charge in [0.1, 0.15) is 0 Å². The summed E-state index contributed by atoms with van der Waals surface area (Å²) in [6.07, 6.45) is 1.77. The van der Waals surface area contributed by atoms with E-state index in [1.807, 2.05) is 25.1 Å². The van der Waals surface area contributed by atoms with Crippen LogP contribution in [0.2, 0.25) is 0 Å². The molecule has 0 fully saturated rings. The predicted molar refractivity (Wildman–Crippen MR) is 58.5 cm³/mol. The Hall–Kier alpha value is -0.830. The highest BCUT2D eigenvalue weighted by atomic mass is 32.2. The Morgan fingerprint density at radius 2 is 2.38 bits per heavy atom. The Morgan fingerprint density at radius 1 is 1.62 bits per heavy atom. The summed E-state index contributed by atoms with van der Waals surface area (Å²) in [6.45, 7) is 4.08. The molecule has 0 radical (unpaired) electrons. The third-order valence-electron chi connectivity index (χ3n) is 1.82. The molecule has 1 N–H and O–H groups in total. The summed E-state index contributed by atoms with van der Waals surface area (Å²) in [6, 6.07) is 5.82. The minimum atomic E-state index is 0.131. The van der Waals surface area contributed by atoms with Crippen molar-refractivity contribution in [3.8, 4) is 0 Å². The van der Waals surface area contributed by atoms with Gasteiger partial charge in [-0.05, 0) is 17.9 Å². The zero-order chi connectivity index (χ0) is 9.68. The molecule has 2 nitrogen and oxygen atoms in total. The van der Waals surface area contributed by atoms with Crippen molar-refractivity contribution in [1.82, 2.24) is 4.98 Å². The minimum Gasteiger partial charge on any atom is -0.298 e. The molecule has 1 aromatic rings. The molecule has 0 aliphatic rings. The quantitative estimate of drug-likeness (QED) is 0.593. The van der Waals surface area contributed by atoms with E-state index in [0.29, 0.717) is 5.04 Å². The van der Waals surface area contributed by atoms with E-state index in [0.717, 1.165) is 11.4 Å². The van der Waals surface area contributed by atoms with Gasteiger partial charge in [0.25, 0.3) is 0 Å². The van der Waals surface area contributed by atoms with Gasteiger partial charge in [0.15, 0.2) is 0 Å². The third kappa shape index (κ3) is 2.84. The van der Waals surface area contributed by atoms with Gasteiger partial charge in [0.05, 0.1) is 5.04 Å². The third-order valence-corrected chi connectivity index (χ3v) is 2.78. The SMILES string of the molecule is CCSC(=N)C(C)c1ccccn1. The standard InChI is InChI=1S/C10H14N2S/c1-3-13-10(11)8(2)9-6-4-5-7-12-9/h4-8,11H,3H2,1-2H3. The second-order valence-electron chi connectivity index (χ2n) is 2.77. The summed E-state index contributed by atoms with van der Waals surface area (Å²) in [5.74, 6) is 1.09. The van der Waals surface area contributed by atoms with Gasteiger partial charge >= 0.3 is 0 Å². The summed E-state index contributed by atoms with van der Waals surface area (Å²) in [5.41, 5.74) is 0.980. The van der Waals surface area contributed by atoms with Crippen LogP contribution < -0.4 is 0 Å². The number of aromatic nitrogens is 1. The number of pyridine rings is 1. The molecular weight excluding hydrogens is 180 g/mol. The lowest BCUT2D eigenvalue weighted by Gasteiger charge is -2.10. The van der Waals surface area contributed by atoms with E-state index in [4.69, 9.17) is 5.41 Å². The first-order valence-corrected chi connectivity index (χ1v) is 5.36. The van der Waals surface area contributed by atoms with Crippen molar-refractivity contribution in [3.05, 3.63) is 30.1 Å². The molecule has 0 saturated carbocycles. The van der Waals surface area contributed by atoms with Crippen molar-refractivity contribution in [1.29, 1.82) is 5.41 Å². The molecule has 3 heteroatoms. The van der Waals surface area contributed by atoms with Crippen molar-refractivity contribution in [2.75, 3.05) is 5.75 Å². The van der Waals surface area contributed by atoms with E-state index in [-0.39, 0.29) is 5.92 Å². The lowest BCUT2D eigenvalue weighted by Crippen LogP contribution is -2.05. The maximum atomic E-state index is 7.76. The number of hydrogen-bond donors (Lipinski definition) is 1. The van der Waals surface area contributed by atoms with E-state index in [2.05, 4.69) is 11.9 Å². The van der Waals surface area contributed by atoms with Crippen LogP contribution in [0.1, 0.15) is 25.5 Å². The fraction of sp³-hybridized carbons (Fsp3) is 0.400. The maximum absolute atomic E-state index is 7.76. The number of rotatable bonds is 3. The van der Waals surface area contributed by atoms with Gasteiger partial charge in [-0.1, -0.05) is 19.9 Å². The van der Waals surface area contributed by atoms with Gasteiger partial charge in [-0.3, -0.25) is 10.4 Å². The lowest BCUT2D eigenvalue weighted by atomic mass is 10.1. The zero-order valence-electron chi connectivity index (χ0n) is 7.95. The Kier molecular flexibility index (Phi) is 3.96. The van der Waals surface area contributed by atoms with E-state index in [9.17, 15) is 0 Å². The smallest absolute Gasteiger partial charge is 0.0729 e. The number of nitrogens with one attached hydrogen (secondary N) is 1. The molecule has 0 spiro atoms. The molecule has 1 aromatic heterocycles. The molecule has 0 saturated heterocycles. The van der Waals surface area contributed by atoms with Crippen LogP contribution in [0, 0.1) is 5.41 Å². The van der Waals surface area contributed by atoms with E-state index in [1.165, 1.54) is 0 Å². The monoisotopic (exact) mass is 194 g/mol. The van der Waals surface area contributed by atoms with Crippen LogP contribution in [0.25, 0.3) is 0 Å². The summed E-state index contributed by atoms with van der Waals surface area (Å²) in [7, 11) is 0. The van der Waals surface area contributed by atoms with E-state index in [1.54, 1.807) is 18.0 Å². The van der Waals surface area contributed by atoms with Crippen LogP contribution in [-0.2, 0) is 0 Å². The Labute approximate surface area is 83.3 Å². The molecule has 0 aliphatic heterocycles. The lowest BCUT2D eigenvalue weighted by molar-refractivity contribution is 0.956. The van der Waals surface area contributed by atoms with Gasteiger partial charge in [-0.2, -0.15) is 0 Å². The highest BCUT2D eigenvalue weighted by Gasteiger charge is 2.11. The molecule has 0 bridgehead atoms. The van der Waals surface area contributed by atoms with Gasteiger partial charge in [-0.15, -0.1) is 11.8 Å². The van der Waals surface area contributed by atoms with Crippen molar-refractivity contribution in [3.63, 3.8) is 0 Å². The average molecular weight is 194 g/mol. The highest BCUT2D eigenvalue weighted by Crippen LogP contribution is 2.19. The highest BCUT2D eigenvalue weighted by molar-refractivity contribution is 8.13. The second kappa shape index (κ2) is 5.02. The normalized spacial score (nSPS) is 12.5. The van der Waals surface area contributed by atoms with Crippen LogP contribution in [0.3, 0.4) is 0 Å². The topological polar surface area (TPSA) is 36.7 Å². The van der Waals surface area contributed by atoms with E-state index < -0.39 is 0 Å². The first kappa shape index (κ1) is 10.3. The molecule has 70 valence electrons. The Bertz CT molecular complexity index is 272. The minimum absolute atomic E-state index is 0.131. The van der Waals surface area contributed by atoms with Gasteiger partial charge < -0.3 is 0 Å². The van der Waals surface area contributed by atoms with E-state index >= 15 is 0 Å². The first-order valence-electron chi connectivity index (χ1n) is 4.38. The number of nitrogens with zero attached hydrogens (tertiary/aromatic N) is 1. The first-order chi connectivity index (χ1) is 6.25. The second-order valence-corrected chi connectivity index (χ2v) is 4.08. The van der Waals surface area contributed by atoms with Crippen LogP contribution in [0.4, 0.5) is 0 Å². The molecular formula is C10H14N2S. The van der Waals surface area contributed by atoms with Crippen LogP contribution in [0.15, 0.2) is 24.4 Å². The van der Waals surface area contributed by atoms with Crippen LogP contribution in [-0.4, -0.2) is 15.8 Å². The van der Waals surface area contributed by atoms with Gasteiger partial charge in [0.2, 0.25) is 0 Å². The fourth-order valence-corrected chi connectivity index (χ4v) is 1.73. The molecule has 1 unspecified atom stereocenters. The summed E-state index contributed by atoms with van der Waals surface area (Å²) in [5, 5.41) is 8.45.